The van der Waals surface area contributed by atoms with Gasteiger partial charge >= 0.3 is 0 Å². The standard InChI is InChI=1S/C14H17N3O5/c1-8(18)11(19)12(20)13-10(16-17-15)7-21-14(22-13)9-5-3-2-4-6-9/h2-6,10-14,19-20H,7H2,1H3/t10?,11-,12+,13-,14?/m1/s1. The fourth-order valence-electron chi connectivity index (χ4n) is 2.23. The topological polar surface area (TPSA) is 125 Å². The maximum Gasteiger partial charge on any atom is 0.184 e. The summed E-state index contributed by atoms with van der Waals surface area (Å²) >= 11 is 0. The molecule has 1 aromatic rings. The molecule has 1 aliphatic heterocycles. The summed E-state index contributed by atoms with van der Waals surface area (Å²) in [5.74, 6) is -0.599. The highest BCUT2D eigenvalue weighted by Gasteiger charge is 2.40. The van der Waals surface area contributed by atoms with Crippen LogP contribution in [0, 0.1) is 0 Å². The highest BCUT2D eigenvalue weighted by molar-refractivity contribution is 5.80. The van der Waals surface area contributed by atoms with Gasteiger partial charge in [0.1, 0.15) is 18.3 Å². The van der Waals surface area contributed by atoms with Gasteiger partial charge in [-0.25, -0.2) is 0 Å². The monoisotopic (exact) mass is 307 g/mol. The molecule has 1 aliphatic rings. The van der Waals surface area contributed by atoms with E-state index in [0.29, 0.717) is 0 Å². The second-order valence-electron chi connectivity index (χ2n) is 4.99. The van der Waals surface area contributed by atoms with Gasteiger partial charge < -0.3 is 19.7 Å². The number of aliphatic hydroxyl groups is 2. The zero-order valence-electron chi connectivity index (χ0n) is 11.9. The molecule has 1 heterocycles. The maximum absolute atomic E-state index is 11.2. The van der Waals surface area contributed by atoms with Crippen LogP contribution < -0.4 is 0 Å². The Hall–Kier alpha value is -1.96. The van der Waals surface area contributed by atoms with Crippen molar-refractivity contribution in [1.29, 1.82) is 0 Å². The minimum atomic E-state index is -1.61. The van der Waals surface area contributed by atoms with Gasteiger partial charge in [0, 0.05) is 10.5 Å². The number of ether oxygens (including phenoxy) is 2. The lowest BCUT2D eigenvalue weighted by atomic mass is 9.98. The van der Waals surface area contributed by atoms with Crippen LogP contribution >= 0.6 is 0 Å². The van der Waals surface area contributed by atoms with Crippen LogP contribution in [0.4, 0.5) is 0 Å². The van der Waals surface area contributed by atoms with Crippen molar-refractivity contribution >= 4 is 5.78 Å². The summed E-state index contributed by atoms with van der Waals surface area (Å²) in [6, 6.07) is 8.16. The van der Waals surface area contributed by atoms with Gasteiger partial charge in [-0.15, -0.1) is 0 Å². The van der Waals surface area contributed by atoms with Gasteiger partial charge in [0.05, 0.1) is 12.6 Å². The first-order valence-electron chi connectivity index (χ1n) is 6.77. The number of benzene rings is 1. The average molecular weight is 307 g/mol. The van der Waals surface area contributed by atoms with Crippen molar-refractivity contribution in [2.24, 2.45) is 5.11 Å². The number of hydrogen-bond acceptors (Lipinski definition) is 6. The molecule has 0 saturated carbocycles. The number of hydrogen-bond donors (Lipinski definition) is 2. The Labute approximate surface area is 126 Å². The minimum Gasteiger partial charge on any atom is -0.387 e. The van der Waals surface area contributed by atoms with Crippen molar-refractivity contribution in [3.63, 3.8) is 0 Å². The number of azide groups is 1. The Kier molecular flexibility index (Phi) is 5.48. The molecule has 2 unspecified atom stereocenters. The number of aliphatic hydroxyl groups excluding tert-OH is 2. The summed E-state index contributed by atoms with van der Waals surface area (Å²) in [6.07, 6.45) is -4.95. The fraction of sp³-hybridized carbons (Fsp3) is 0.500. The van der Waals surface area contributed by atoms with Crippen LogP contribution in [-0.4, -0.2) is 47.0 Å². The molecule has 0 aliphatic carbocycles. The first-order chi connectivity index (χ1) is 10.5. The van der Waals surface area contributed by atoms with E-state index in [4.69, 9.17) is 15.0 Å². The van der Waals surface area contributed by atoms with Crippen molar-refractivity contribution in [3.05, 3.63) is 46.3 Å². The molecule has 2 rings (SSSR count). The number of nitrogens with zero attached hydrogens (tertiary/aromatic N) is 3. The summed E-state index contributed by atoms with van der Waals surface area (Å²) in [5.41, 5.74) is 9.30. The number of carbonyl (C=O) groups excluding carboxylic acids is 1. The zero-order valence-corrected chi connectivity index (χ0v) is 11.9. The molecule has 1 saturated heterocycles. The average Bonchev–Trinajstić information content (AvgIpc) is 2.55. The van der Waals surface area contributed by atoms with Crippen molar-refractivity contribution < 1.29 is 24.5 Å². The van der Waals surface area contributed by atoms with Gasteiger partial charge in [-0.05, 0) is 12.5 Å². The third-order valence-electron chi connectivity index (χ3n) is 3.43. The van der Waals surface area contributed by atoms with E-state index in [1.807, 2.05) is 6.07 Å². The predicted molar refractivity (Wildman–Crippen MR) is 75.6 cm³/mol. The summed E-state index contributed by atoms with van der Waals surface area (Å²) in [6.45, 7) is 1.17. The molecule has 22 heavy (non-hydrogen) atoms. The number of Topliss-reactive ketones (excluding diaryl/α,β-unsaturated/α-hetero) is 1. The highest BCUT2D eigenvalue weighted by atomic mass is 16.7. The second-order valence-corrected chi connectivity index (χ2v) is 4.99. The van der Waals surface area contributed by atoms with Gasteiger partial charge in [0.2, 0.25) is 0 Å². The van der Waals surface area contributed by atoms with E-state index in [-0.39, 0.29) is 6.61 Å². The van der Waals surface area contributed by atoms with Gasteiger partial charge in [0.15, 0.2) is 12.1 Å². The first kappa shape index (κ1) is 16.4. The lowest BCUT2D eigenvalue weighted by Crippen LogP contribution is -2.52. The summed E-state index contributed by atoms with van der Waals surface area (Å²) in [5, 5.41) is 23.4. The summed E-state index contributed by atoms with van der Waals surface area (Å²) in [4.78, 5) is 13.9. The molecule has 0 radical (unpaired) electrons. The third-order valence-corrected chi connectivity index (χ3v) is 3.43. The van der Waals surface area contributed by atoms with E-state index in [1.165, 1.54) is 0 Å². The first-order valence-corrected chi connectivity index (χ1v) is 6.77. The quantitative estimate of drug-likeness (QED) is 0.478. The number of carbonyl (C=O) groups is 1. The highest BCUT2D eigenvalue weighted by Crippen LogP contribution is 2.30. The SMILES string of the molecule is CC(=O)[C@@H](O)[C@H](O)[C@@H]1OC(c2ccccc2)OCC1N=[N+]=[N-]. The van der Waals surface area contributed by atoms with Crippen molar-refractivity contribution in [2.75, 3.05) is 6.61 Å². The fourth-order valence-corrected chi connectivity index (χ4v) is 2.23. The third kappa shape index (κ3) is 3.62. The Morgan fingerprint density at radius 3 is 2.68 bits per heavy atom. The van der Waals surface area contributed by atoms with Crippen LogP contribution in [0.3, 0.4) is 0 Å². The molecular weight excluding hydrogens is 290 g/mol. The number of rotatable bonds is 5. The van der Waals surface area contributed by atoms with Crippen molar-refractivity contribution in [1.82, 2.24) is 0 Å². The van der Waals surface area contributed by atoms with E-state index in [2.05, 4.69) is 10.0 Å². The summed E-state index contributed by atoms with van der Waals surface area (Å²) in [7, 11) is 0. The molecular formula is C14H17N3O5. The number of ketones is 1. The van der Waals surface area contributed by atoms with Crippen LogP contribution in [-0.2, 0) is 14.3 Å². The molecule has 8 heteroatoms. The lowest BCUT2D eigenvalue weighted by molar-refractivity contribution is -0.252. The predicted octanol–water partition coefficient (Wildman–Crippen LogP) is 1.09. The molecule has 118 valence electrons. The van der Waals surface area contributed by atoms with E-state index in [0.717, 1.165) is 12.5 Å². The zero-order chi connectivity index (χ0) is 16.1. The Morgan fingerprint density at radius 2 is 2.09 bits per heavy atom. The molecule has 8 nitrogen and oxygen atoms in total. The van der Waals surface area contributed by atoms with E-state index >= 15 is 0 Å². The molecule has 1 aromatic carbocycles. The minimum absolute atomic E-state index is 0.00989. The van der Waals surface area contributed by atoms with Crippen LogP contribution in [0.2, 0.25) is 0 Å². The largest absolute Gasteiger partial charge is 0.387 e. The van der Waals surface area contributed by atoms with Gasteiger partial charge in [0.25, 0.3) is 0 Å². The Morgan fingerprint density at radius 1 is 1.41 bits per heavy atom. The van der Waals surface area contributed by atoms with E-state index in [9.17, 15) is 15.0 Å². The molecule has 5 atom stereocenters. The van der Waals surface area contributed by atoms with Crippen LogP contribution in [0.5, 0.6) is 0 Å². The van der Waals surface area contributed by atoms with Gasteiger partial charge in [-0.3, -0.25) is 4.79 Å². The van der Waals surface area contributed by atoms with Gasteiger partial charge in [-0.2, -0.15) is 0 Å². The van der Waals surface area contributed by atoms with Gasteiger partial charge in [-0.1, -0.05) is 35.4 Å². The van der Waals surface area contributed by atoms with Crippen LogP contribution in [0.15, 0.2) is 35.4 Å². The van der Waals surface area contributed by atoms with E-state index < -0.39 is 36.4 Å². The molecule has 1 fully saturated rings. The molecule has 0 spiro atoms. The molecule has 0 aromatic heterocycles. The normalized spacial score (nSPS) is 27.5. The summed E-state index contributed by atoms with van der Waals surface area (Å²) < 4.78 is 11.1. The molecule has 0 amide bonds. The van der Waals surface area contributed by atoms with Crippen LogP contribution in [0.1, 0.15) is 18.8 Å². The maximum atomic E-state index is 11.2. The Bertz CT molecular complexity index is 561. The molecule has 0 bridgehead atoms. The lowest BCUT2D eigenvalue weighted by Gasteiger charge is -2.37. The second kappa shape index (κ2) is 7.35. The van der Waals surface area contributed by atoms with Crippen molar-refractivity contribution in [3.8, 4) is 0 Å². The smallest absolute Gasteiger partial charge is 0.184 e. The Balaban J connectivity index is 2.20. The van der Waals surface area contributed by atoms with E-state index in [1.54, 1.807) is 24.3 Å². The van der Waals surface area contributed by atoms with Crippen LogP contribution in [0.25, 0.3) is 10.4 Å². The van der Waals surface area contributed by atoms with Crippen molar-refractivity contribution in [2.45, 2.75) is 37.6 Å². The molecule has 2 N–H and O–H groups in total.